The van der Waals surface area contributed by atoms with Crippen LogP contribution in [-0.4, -0.2) is 40.8 Å². The van der Waals surface area contributed by atoms with E-state index >= 15 is 0 Å². The van der Waals surface area contributed by atoms with Gasteiger partial charge in [-0.3, -0.25) is 4.79 Å². The molecule has 1 aromatic carbocycles. The third-order valence-corrected chi connectivity index (χ3v) is 6.37. The van der Waals surface area contributed by atoms with E-state index < -0.39 is 0 Å². The number of hydrogen-bond donors (Lipinski definition) is 2. The Morgan fingerprint density at radius 3 is 2.59 bits per heavy atom. The molecule has 4 rings (SSSR count). The third-order valence-electron chi connectivity index (χ3n) is 5.08. The minimum atomic E-state index is -0.0735. The fraction of sp³-hybridized carbons (Fsp3) is 0.421. The fourth-order valence-electron chi connectivity index (χ4n) is 3.63. The summed E-state index contributed by atoms with van der Waals surface area (Å²) < 4.78 is 1.43. The van der Waals surface area contributed by atoms with Gasteiger partial charge in [0.1, 0.15) is 50.0 Å². The Labute approximate surface area is 167 Å². The molecule has 2 N–H and O–H groups in total. The second-order valence-corrected chi connectivity index (χ2v) is 8.59. The normalized spacial score (nSPS) is 20.2. The topological polar surface area (TPSA) is 56.1 Å². The van der Waals surface area contributed by atoms with Crippen molar-refractivity contribution in [3.05, 3.63) is 62.0 Å². The smallest absolute Gasteiger partial charge is 0.275 e. The van der Waals surface area contributed by atoms with Gasteiger partial charge in [-0.2, -0.15) is 9.61 Å². The maximum atomic E-state index is 12.3. The highest BCUT2D eigenvalue weighted by atomic mass is 35.5. The van der Waals surface area contributed by atoms with Gasteiger partial charge in [0.25, 0.3) is 5.56 Å². The van der Waals surface area contributed by atoms with Crippen LogP contribution in [0, 0.1) is 0 Å². The summed E-state index contributed by atoms with van der Waals surface area (Å²) in [6.07, 6.45) is 0.825. The molecule has 27 heavy (non-hydrogen) atoms. The van der Waals surface area contributed by atoms with Crippen molar-refractivity contribution in [1.29, 1.82) is 0 Å². The van der Waals surface area contributed by atoms with E-state index in [9.17, 15) is 4.79 Å². The van der Waals surface area contributed by atoms with Crippen molar-refractivity contribution in [2.24, 2.45) is 0 Å². The first-order chi connectivity index (χ1) is 13.1. The van der Waals surface area contributed by atoms with Crippen LogP contribution < -0.4 is 15.4 Å². The molecular weight excluding hydrogens is 382 g/mol. The summed E-state index contributed by atoms with van der Waals surface area (Å²) in [5, 5.41) is 6.07. The number of fused-ring (bicyclic) bond motifs is 1. The van der Waals surface area contributed by atoms with Crippen LogP contribution in [0.4, 0.5) is 0 Å². The molecule has 0 bridgehead atoms. The van der Waals surface area contributed by atoms with E-state index in [0.29, 0.717) is 4.96 Å². The second kappa shape index (κ2) is 8.06. The highest BCUT2D eigenvalue weighted by Gasteiger charge is 2.24. The highest BCUT2D eigenvalue weighted by molar-refractivity contribution is 7.16. The molecule has 6 nitrogen and oxygen atoms in total. The lowest BCUT2D eigenvalue weighted by Crippen LogP contribution is -3.27. The number of aryl methyl sites for hydroxylation is 1. The average Bonchev–Trinajstić information content (AvgIpc) is 3.07. The number of nitrogens with one attached hydrogen (secondary N) is 2. The number of halogens is 1. The van der Waals surface area contributed by atoms with Crippen molar-refractivity contribution < 1.29 is 9.80 Å². The lowest BCUT2D eigenvalue weighted by atomic mass is 10.2. The van der Waals surface area contributed by atoms with Crippen molar-refractivity contribution in [2.45, 2.75) is 26.4 Å². The summed E-state index contributed by atoms with van der Waals surface area (Å²) in [6, 6.07) is 9.78. The molecule has 0 atom stereocenters. The van der Waals surface area contributed by atoms with E-state index in [4.69, 9.17) is 11.6 Å². The Hall–Kier alpha value is -1.80. The third kappa shape index (κ3) is 4.38. The van der Waals surface area contributed by atoms with E-state index in [2.05, 4.69) is 22.2 Å². The molecule has 0 aliphatic carbocycles. The first-order valence-electron chi connectivity index (χ1n) is 9.41. The van der Waals surface area contributed by atoms with Gasteiger partial charge in [-0.05, 0) is 18.6 Å². The van der Waals surface area contributed by atoms with E-state index in [1.165, 1.54) is 26.3 Å². The van der Waals surface area contributed by atoms with Crippen LogP contribution in [0.1, 0.15) is 23.2 Å². The predicted molar refractivity (Wildman–Crippen MR) is 107 cm³/mol. The number of nitrogens with zero attached hydrogens (tertiary/aromatic N) is 3. The highest BCUT2D eigenvalue weighted by Crippen LogP contribution is 2.11. The van der Waals surface area contributed by atoms with Crippen LogP contribution in [0.5, 0.6) is 0 Å². The first-order valence-corrected chi connectivity index (χ1v) is 10.6. The summed E-state index contributed by atoms with van der Waals surface area (Å²) in [7, 11) is 0. The van der Waals surface area contributed by atoms with E-state index in [0.717, 1.165) is 61.4 Å². The van der Waals surface area contributed by atoms with Crippen molar-refractivity contribution in [1.82, 2.24) is 14.6 Å². The monoisotopic (exact) mass is 405 g/mol. The van der Waals surface area contributed by atoms with Crippen LogP contribution in [0.15, 0.2) is 35.1 Å². The molecular formula is C19H24ClN5OS+2. The van der Waals surface area contributed by atoms with Crippen molar-refractivity contribution in [3.63, 3.8) is 0 Å². The molecule has 0 unspecified atom stereocenters. The molecule has 0 radical (unpaired) electrons. The number of quaternary nitrogens is 2. The van der Waals surface area contributed by atoms with Crippen LogP contribution >= 0.6 is 22.9 Å². The van der Waals surface area contributed by atoms with Gasteiger partial charge in [0.05, 0.1) is 0 Å². The van der Waals surface area contributed by atoms with Crippen LogP contribution in [0.2, 0.25) is 5.02 Å². The molecule has 2 aromatic heterocycles. The molecule has 1 saturated heterocycles. The largest absolute Gasteiger partial charge is 0.322 e. The van der Waals surface area contributed by atoms with E-state index in [1.807, 2.05) is 19.1 Å². The molecule has 1 aliphatic rings. The number of benzene rings is 1. The molecule has 1 fully saturated rings. The molecule has 1 aliphatic heterocycles. The Balaban J connectivity index is 1.37. The average molecular weight is 406 g/mol. The van der Waals surface area contributed by atoms with Gasteiger partial charge in [-0.15, -0.1) is 0 Å². The molecule has 3 heterocycles. The zero-order valence-corrected chi connectivity index (χ0v) is 16.9. The number of hydrogen-bond acceptors (Lipinski definition) is 4. The van der Waals surface area contributed by atoms with E-state index in [-0.39, 0.29) is 5.56 Å². The molecule has 3 aromatic rings. The minimum Gasteiger partial charge on any atom is -0.322 e. The van der Waals surface area contributed by atoms with Gasteiger partial charge in [-0.25, -0.2) is 4.98 Å². The fourth-order valence-corrected chi connectivity index (χ4v) is 4.70. The Morgan fingerprint density at radius 2 is 1.89 bits per heavy atom. The van der Waals surface area contributed by atoms with E-state index in [1.54, 1.807) is 11.0 Å². The quantitative estimate of drug-likeness (QED) is 0.620. The van der Waals surface area contributed by atoms with Gasteiger partial charge in [0.15, 0.2) is 0 Å². The maximum absolute atomic E-state index is 12.3. The summed E-state index contributed by atoms with van der Waals surface area (Å²) in [4.78, 5) is 20.7. The van der Waals surface area contributed by atoms with Gasteiger partial charge >= 0.3 is 0 Å². The van der Waals surface area contributed by atoms with Crippen molar-refractivity contribution in [3.8, 4) is 0 Å². The zero-order valence-electron chi connectivity index (χ0n) is 15.4. The molecule has 0 saturated carbocycles. The molecule has 142 valence electrons. The van der Waals surface area contributed by atoms with Crippen LogP contribution in [-0.2, 0) is 19.5 Å². The van der Waals surface area contributed by atoms with Crippen molar-refractivity contribution >= 4 is 27.9 Å². The van der Waals surface area contributed by atoms with Gasteiger partial charge < -0.3 is 9.80 Å². The lowest BCUT2D eigenvalue weighted by Gasteiger charge is -2.29. The standard InChI is InChI=1S/C19H22ClN5OS/c1-2-17-22-25-18(26)11-16(21-19(25)27-17)13-24-8-6-23(7-9-24)12-14-4-3-5-15(20)10-14/h3-5,10-11H,2,6-9,12-13H2,1H3/p+2. The van der Waals surface area contributed by atoms with Gasteiger partial charge in [0, 0.05) is 16.7 Å². The van der Waals surface area contributed by atoms with Crippen LogP contribution in [0.25, 0.3) is 4.96 Å². The maximum Gasteiger partial charge on any atom is 0.275 e. The molecule has 0 amide bonds. The Kier molecular flexibility index (Phi) is 5.54. The zero-order chi connectivity index (χ0) is 18.8. The van der Waals surface area contributed by atoms with Gasteiger partial charge in [0.2, 0.25) is 4.96 Å². The second-order valence-electron chi connectivity index (χ2n) is 7.11. The SMILES string of the molecule is CCc1nn2c(=O)cc(C[NH+]3CC[NH+](Cc4cccc(Cl)c4)CC3)nc2s1. The predicted octanol–water partition coefficient (Wildman–Crippen LogP) is -0.150. The Morgan fingerprint density at radius 1 is 1.15 bits per heavy atom. The summed E-state index contributed by atoms with van der Waals surface area (Å²) in [5.74, 6) is 0. The van der Waals surface area contributed by atoms with Crippen LogP contribution in [0.3, 0.4) is 0 Å². The van der Waals surface area contributed by atoms with Crippen molar-refractivity contribution in [2.75, 3.05) is 26.2 Å². The lowest BCUT2D eigenvalue weighted by molar-refractivity contribution is -1.02. The van der Waals surface area contributed by atoms with Gasteiger partial charge in [-0.1, -0.05) is 42.0 Å². The summed E-state index contributed by atoms with van der Waals surface area (Å²) >= 11 is 7.60. The summed E-state index contributed by atoms with van der Waals surface area (Å²) in [6.45, 7) is 8.25. The number of piperazine rings is 1. The number of aromatic nitrogens is 3. The first kappa shape index (κ1) is 18.6. The Bertz CT molecular complexity index is 993. The minimum absolute atomic E-state index is 0.0735. The molecule has 0 spiro atoms. The summed E-state index contributed by atoms with van der Waals surface area (Å²) in [5.41, 5.74) is 2.09. The number of rotatable bonds is 5. The molecule has 8 heteroatoms.